The minimum atomic E-state index is -5.51. The fourth-order valence-corrected chi connectivity index (χ4v) is 2.48. The summed E-state index contributed by atoms with van der Waals surface area (Å²) in [4.78, 5) is 0. The largest absolute Gasteiger partial charge is 0.534 e. The van der Waals surface area contributed by atoms with E-state index in [4.69, 9.17) is 4.74 Å². The van der Waals surface area contributed by atoms with E-state index in [-0.39, 0.29) is 17.6 Å². The number of rotatable bonds is 2. The van der Waals surface area contributed by atoms with Crippen LogP contribution in [0.4, 0.5) is 13.2 Å². The van der Waals surface area contributed by atoms with Crippen molar-refractivity contribution in [2.45, 2.75) is 24.8 Å². The molecule has 0 saturated carbocycles. The summed E-state index contributed by atoms with van der Waals surface area (Å²) in [6, 6.07) is 0. The summed E-state index contributed by atoms with van der Waals surface area (Å²) in [5.74, 6) is -0.121. The summed E-state index contributed by atoms with van der Waals surface area (Å²) < 4.78 is 66.7. The van der Waals surface area contributed by atoms with Gasteiger partial charge in [-0.1, -0.05) is 0 Å². The lowest BCUT2D eigenvalue weighted by Crippen LogP contribution is -2.36. The van der Waals surface area contributed by atoms with Crippen LogP contribution in [0.5, 0.6) is 0 Å². The Balaban J connectivity index is 2.02. The maximum Gasteiger partial charge on any atom is 0.534 e. The van der Waals surface area contributed by atoms with Crippen molar-refractivity contribution >= 4 is 10.1 Å². The summed E-state index contributed by atoms with van der Waals surface area (Å²) in [5, 5.41) is 0. The van der Waals surface area contributed by atoms with Crippen LogP contribution in [-0.2, 0) is 19.0 Å². The number of allylic oxidation sites excluding steroid dienone is 2. The molecule has 0 aromatic heterocycles. The molecule has 0 amide bonds. The van der Waals surface area contributed by atoms with Crippen molar-refractivity contribution in [2.75, 3.05) is 13.2 Å². The highest BCUT2D eigenvalue weighted by Gasteiger charge is 2.51. The number of hydrogen-bond donors (Lipinski definition) is 0. The first kappa shape index (κ1) is 12.7. The fraction of sp³-hybridized carbons (Fsp3) is 0.778. The molecule has 0 radical (unpaired) electrons. The van der Waals surface area contributed by atoms with Crippen LogP contribution in [0.2, 0.25) is 0 Å². The van der Waals surface area contributed by atoms with Gasteiger partial charge in [-0.05, 0) is 18.9 Å². The molecule has 0 N–H and O–H groups in total. The molecule has 8 heteroatoms. The van der Waals surface area contributed by atoms with Gasteiger partial charge in [0.2, 0.25) is 0 Å². The molecule has 0 atom stereocenters. The summed E-state index contributed by atoms with van der Waals surface area (Å²) in [5.41, 5.74) is -5.60. The Morgan fingerprint density at radius 3 is 2.29 bits per heavy atom. The molecule has 1 heterocycles. The lowest BCUT2D eigenvalue weighted by Gasteiger charge is -2.41. The van der Waals surface area contributed by atoms with Crippen LogP contribution in [-0.4, -0.2) is 27.1 Å². The van der Waals surface area contributed by atoms with Gasteiger partial charge in [0, 0.05) is 25.0 Å². The molecule has 1 saturated heterocycles. The van der Waals surface area contributed by atoms with Crippen LogP contribution < -0.4 is 0 Å². The van der Waals surface area contributed by atoms with Gasteiger partial charge in [-0.2, -0.15) is 21.6 Å². The molecule has 4 nitrogen and oxygen atoms in total. The van der Waals surface area contributed by atoms with Crippen LogP contribution in [0, 0.1) is 5.41 Å². The average Bonchev–Trinajstić information content (AvgIpc) is 2.14. The van der Waals surface area contributed by atoms with E-state index in [1.165, 1.54) is 6.08 Å². The second-order valence-corrected chi connectivity index (χ2v) is 5.78. The van der Waals surface area contributed by atoms with Gasteiger partial charge in [0.1, 0.15) is 5.76 Å². The topological polar surface area (TPSA) is 52.6 Å². The SMILES string of the molecule is O=S(=O)(OC1=CC2(CCOCC2)C1)C(F)(F)F. The molecule has 1 aliphatic carbocycles. The molecule has 98 valence electrons. The van der Waals surface area contributed by atoms with Gasteiger partial charge in [-0.25, -0.2) is 0 Å². The molecule has 2 aliphatic rings. The summed E-state index contributed by atoms with van der Waals surface area (Å²) in [6.45, 7) is 1.08. The molecule has 1 aliphatic heterocycles. The molecular weight excluding hydrogens is 261 g/mol. The predicted octanol–water partition coefficient (Wildman–Crippen LogP) is 1.94. The van der Waals surface area contributed by atoms with E-state index in [1.807, 2.05) is 0 Å². The van der Waals surface area contributed by atoms with E-state index in [1.54, 1.807) is 0 Å². The minimum Gasteiger partial charge on any atom is -0.381 e. The van der Waals surface area contributed by atoms with Crippen molar-refractivity contribution in [3.05, 3.63) is 11.8 Å². The Hall–Kier alpha value is -0.760. The number of alkyl halides is 3. The highest BCUT2D eigenvalue weighted by molar-refractivity contribution is 7.87. The van der Waals surface area contributed by atoms with E-state index in [0.717, 1.165) is 0 Å². The Bertz CT molecular complexity index is 432. The molecule has 2 rings (SSSR count). The molecule has 0 aromatic carbocycles. The van der Waals surface area contributed by atoms with Crippen molar-refractivity contribution in [1.29, 1.82) is 0 Å². The van der Waals surface area contributed by atoms with Gasteiger partial charge < -0.3 is 8.92 Å². The number of hydrogen-bond acceptors (Lipinski definition) is 4. The van der Waals surface area contributed by atoms with Gasteiger partial charge in [0.05, 0.1) is 0 Å². The third-order valence-corrected chi connectivity index (χ3v) is 3.98. The van der Waals surface area contributed by atoms with Gasteiger partial charge >= 0.3 is 15.6 Å². The highest BCUT2D eigenvalue weighted by atomic mass is 32.2. The van der Waals surface area contributed by atoms with Crippen LogP contribution in [0.3, 0.4) is 0 Å². The van der Waals surface area contributed by atoms with Crippen molar-refractivity contribution in [3.63, 3.8) is 0 Å². The maximum atomic E-state index is 12.0. The second kappa shape index (κ2) is 3.88. The molecule has 17 heavy (non-hydrogen) atoms. The van der Waals surface area contributed by atoms with Crippen molar-refractivity contribution in [1.82, 2.24) is 0 Å². The van der Waals surface area contributed by atoms with Gasteiger partial charge in [-0.15, -0.1) is 0 Å². The van der Waals surface area contributed by atoms with Gasteiger partial charge in [0.25, 0.3) is 0 Å². The molecule has 0 unspecified atom stereocenters. The number of halogens is 3. The first-order chi connectivity index (χ1) is 7.74. The molecule has 1 fully saturated rings. The second-order valence-electron chi connectivity index (χ2n) is 4.25. The highest BCUT2D eigenvalue weighted by Crippen LogP contribution is 2.48. The third-order valence-electron chi connectivity index (χ3n) is 2.98. The van der Waals surface area contributed by atoms with Crippen LogP contribution in [0.1, 0.15) is 19.3 Å². The third kappa shape index (κ3) is 2.42. The molecule has 1 spiro atoms. The summed E-state index contributed by atoms with van der Waals surface area (Å²) in [7, 11) is -5.51. The van der Waals surface area contributed by atoms with Gasteiger partial charge in [-0.3, -0.25) is 0 Å². The van der Waals surface area contributed by atoms with Crippen molar-refractivity contribution < 1.29 is 30.5 Å². The quantitative estimate of drug-likeness (QED) is 0.569. The van der Waals surface area contributed by atoms with E-state index in [0.29, 0.717) is 26.1 Å². The lowest BCUT2D eigenvalue weighted by molar-refractivity contribution is -0.0539. The van der Waals surface area contributed by atoms with E-state index in [9.17, 15) is 21.6 Å². The number of ether oxygens (including phenoxy) is 1. The smallest absolute Gasteiger partial charge is 0.381 e. The van der Waals surface area contributed by atoms with E-state index >= 15 is 0 Å². The van der Waals surface area contributed by atoms with Crippen LogP contribution >= 0.6 is 0 Å². The summed E-state index contributed by atoms with van der Waals surface area (Å²) >= 11 is 0. The zero-order valence-electron chi connectivity index (χ0n) is 8.79. The van der Waals surface area contributed by atoms with Crippen LogP contribution in [0.25, 0.3) is 0 Å². The molecular formula is C9H11F3O4S. The predicted molar refractivity (Wildman–Crippen MR) is 51.2 cm³/mol. The zero-order chi connectivity index (χ0) is 12.7. The molecule has 0 bridgehead atoms. The lowest BCUT2D eigenvalue weighted by atomic mass is 9.69. The summed E-state index contributed by atoms with van der Waals surface area (Å²) in [6.07, 6.45) is 3.07. The minimum absolute atomic E-state index is 0.121. The zero-order valence-corrected chi connectivity index (χ0v) is 9.60. The monoisotopic (exact) mass is 272 g/mol. The Kier molecular flexibility index (Phi) is 2.89. The Labute approximate surface area is 96.5 Å². The Morgan fingerprint density at radius 2 is 1.82 bits per heavy atom. The Morgan fingerprint density at radius 1 is 1.29 bits per heavy atom. The molecule has 0 aromatic rings. The average molecular weight is 272 g/mol. The van der Waals surface area contributed by atoms with Crippen molar-refractivity contribution in [2.24, 2.45) is 5.41 Å². The van der Waals surface area contributed by atoms with Crippen LogP contribution in [0.15, 0.2) is 11.8 Å². The van der Waals surface area contributed by atoms with Gasteiger partial charge in [0.15, 0.2) is 0 Å². The van der Waals surface area contributed by atoms with E-state index in [2.05, 4.69) is 4.18 Å². The first-order valence-electron chi connectivity index (χ1n) is 5.04. The maximum absolute atomic E-state index is 12.0. The van der Waals surface area contributed by atoms with Crippen molar-refractivity contribution in [3.8, 4) is 0 Å². The fourth-order valence-electron chi connectivity index (χ4n) is 2.00. The normalized spacial score (nSPS) is 24.1. The standard InChI is InChI=1S/C9H11F3O4S/c10-9(11,12)17(13,14)16-7-5-8(6-7)1-3-15-4-2-8/h5H,1-4,6H2. The van der Waals surface area contributed by atoms with E-state index < -0.39 is 15.6 Å². The first-order valence-corrected chi connectivity index (χ1v) is 6.45.